The van der Waals surface area contributed by atoms with Crippen molar-refractivity contribution in [1.82, 2.24) is 5.43 Å². The predicted octanol–water partition coefficient (Wildman–Crippen LogP) is 2.63. The molecule has 0 aliphatic heterocycles. The number of ether oxygens (including phenoxy) is 2. The van der Waals surface area contributed by atoms with Crippen molar-refractivity contribution in [3.8, 4) is 11.5 Å². The van der Waals surface area contributed by atoms with E-state index in [0.29, 0.717) is 22.6 Å². The largest absolute Gasteiger partial charge is 0.493 e. The summed E-state index contributed by atoms with van der Waals surface area (Å²) in [5.74, 6) is 0.0138. The number of nitrogens with one attached hydrogen (secondary N) is 1. The molecule has 0 aliphatic rings. The number of hydrogen-bond acceptors (Lipinski definition) is 5. The Morgan fingerprint density at radius 3 is 2.69 bits per heavy atom. The van der Waals surface area contributed by atoms with Crippen molar-refractivity contribution in [2.45, 2.75) is 26.1 Å². The van der Waals surface area contributed by atoms with Gasteiger partial charge in [0.25, 0.3) is 5.91 Å². The molecule has 0 saturated heterocycles. The van der Waals surface area contributed by atoms with E-state index in [9.17, 15) is 14.3 Å². The minimum atomic E-state index is -1.52. The first-order valence-electron chi connectivity index (χ1n) is 7.91. The molecule has 26 heavy (non-hydrogen) atoms. The highest BCUT2D eigenvalue weighted by Gasteiger charge is 2.22. The van der Waals surface area contributed by atoms with Gasteiger partial charge in [0, 0.05) is 0 Å². The zero-order valence-corrected chi connectivity index (χ0v) is 14.8. The number of aliphatic hydroxyl groups is 1. The van der Waals surface area contributed by atoms with E-state index in [-0.39, 0.29) is 12.4 Å². The number of nitrogens with zero attached hydrogens (tertiary/aromatic N) is 1. The Labute approximate surface area is 151 Å². The van der Waals surface area contributed by atoms with Gasteiger partial charge in [-0.1, -0.05) is 12.1 Å². The number of hydrogen-bond donors (Lipinski definition) is 2. The van der Waals surface area contributed by atoms with E-state index in [4.69, 9.17) is 9.47 Å². The molecule has 0 fully saturated rings. The molecule has 0 bridgehead atoms. The van der Waals surface area contributed by atoms with Crippen LogP contribution in [-0.4, -0.2) is 29.9 Å². The number of benzene rings is 2. The van der Waals surface area contributed by atoms with Gasteiger partial charge in [-0.2, -0.15) is 5.10 Å². The second-order valence-corrected chi connectivity index (χ2v) is 6.09. The molecule has 1 amide bonds. The van der Waals surface area contributed by atoms with Gasteiger partial charge < -0.3 is 14.6 Å². The molecule has 0 saturated carbocycles. The molecule has 0 aromatic heterocycles. The summed E-state index contributed by atoms with van der Waals surface area (Å²) < 4.78 is 24.2. The van der Waals surface area contributed by atoms with Crippen molar-refractivity contribution in [2.24, 2.45) is 5.10 Å². The number of halogens is 1. The van der Waals surface area contributed by atoms with Crippen molar-refractivity contribution in [3.05, 3.63) is 59.4 Å². The number of hydrazone groups is 1. The third-order valence-electron chi connectivity index (χ3n) is 3.41. The second-order valence-electron chi connectivity index (χ2n) is 6.09. The SMILES string of the molecule is COc1ccc(/C=N/NC(=O)C(C)(C)O)cc1OCc1cccc(F)c1. The van der Waals surface area contributed by atoms with E-state index in [0.717, 1.165) is 0 Å². The third-order valence-corrected chi connectivity index (χ3v) is 3.41. The first-order valence-corrected chi connectivity index (χ1v) is 7.91. The first-order chi connectivity index (χ1) is 12.3. The van der Waals surface area contributed by atoms with Crippen LogP contribution in [0.25, 0.3) is 0 Å². The van der Waals surface area contributed by atoms with Gasteiger partial charge in [0.2, 0.25) is 0 Å². The Bertz CT molecular complexity index is 800. The summed E-state index contributed by atoms with van der Waals surface area (Å²) in [5, 5.41) is 13.3. The molecule has 0 aliphatic carbocycles. The van der Waals surface area contributed by atoms with Crippen LogP contribution in [0.5, 0.6) is 11.5 Å². The monoisotopic (exact) mass is 360 g/mol. The summed E-state index contributed by atoms with van der Waals surface area (Å²) in [6.07, 6.45) is 1.41. The maximum atomic E-state index is 13.2. The van der Waals surface area contributed by atoms with E-state index in [2.05, 4.69) is 10.5 Å². The van der Waals surface area contributed by atoms with Gasteiger partial charge in [-0.3, -0.25) is 4.79 Å². The Morgan fingerprint density at radius 1 is 1.27 bits per heavy atom. The molecule has 2 N–H and O–H groups in total. The van der Waals surface area contributed by atoms with E-state index in [1.165, 1.54) is 39.3 Å². The molecule has 6 nitrogen and oxygen atoms in total. The van der Waals surface area contributed by atoms with E-state index >= 15 is 0 Å². The average molecular weight is 360 g/mol. The predicted molar refractivity (Wildman–Crippen MR) is 95.8 cm³/mol. The molecule has 0 heterocycles. The standard InChI is InChI=1S/C19H21FN2O4/c1-19(2,24)18(23)22-21-11-13-7-8-16(25-3)17(10-13)26-12-14-5-4-6-15(20)9-14/h4-11,24H,12H2,1-3H3,(H,22,23)/b21-11+. The lowest BCUT2D eigenvalue weighted by molar-refractivity contribution is -0.136. The van der Waals surface area contributed by atoms with Gasteiger partial charge in [0.05, 0.1) is 13.3 Å². The normalized spacial score (nSPS) is 11.4. The molecule has 2 aromatic carbocycles. The van der Waals surface area contributed by atoms with Crippen molar-refractivity contribution < 1.29 is 23.8 Å². The molecule has 2 rings (SSSR count). The Kier molecular flexibility index (Phi) is 6.30. The zero-order valence-electron chi connectivity index (χ0n) is 14.8. The van der Waals surface area contributed by atoms with Gasteiger partial charge in [-0.15, -0.1) is 0 Å². The van der Waals surface area contributed by atoms with Crippen LogP contribution in [0.4, 0.5) is 4.39 Å². The van der Waals surface area contributed by atoms with Crippen LogP contribution in [0.3, 0.4) is 0 Å². The summed E-state index contributed by atoms with van der Waals surface area (Å²) in [4.78, 5) is 11.6. The van der Waals surface area contributed by atoms with Crippen LogP contribution in [-0.2, 0) is 11.4 Å². The molecule has 0 radical (unpaired) electrons. The van der Waals surface area contributed by atoms with Crippen LogP contribution in [0.15, 0.2) is 47.6 Å². The van der Waals surface area contributed by atoms with Crippen molar-refractivity contribution in [3.63, 3.8) is 0 Å². The maximum Gasteiger partial charge on any atom is 0.271 e. The van der Waals surface area contributed by atoms with Crippen molar-refractivity contribution in [2.75, 3.05) is 7.11 Å². The third kappa shape index (κ3) is 5.56. The number of carbonyl (C=O) groups excluding carboxylic acids is 1. The lowest BCUT2D eigenvalue weighted by atomic mass is 10.1. The van der Waals surface area contributed by atoms with Crippen LogP contribution in [0.1, 0.15) is 25.0 Å². The first kappa shape index (κ1) is 19.4. The topological polar surface area (TPSA) is 80.2 Å². The maximum absolute atomic E-state index is 13.2. The smallest absolute Gasteiger partial charge is 0.271 e. The molecule has 7 heteroatoms. The second kappa shape index (κ2) is 8.44. The van der Waals surface area contributed by atoms with Crippen molar-refractivity contribution in [1.29, 1.82) is 0 Å². The molecule has 138 valence electrons. The lowest BCUT2D eigenvalue weighted by Crippen LogP contribution is -2.39. The molecular formula is C19H21FN2O4. The summed E-state index contributed by atoms with van der Waals surface area (Å²) in [6, 6.07) is 11.2. The van der Waals surface area contributed by atoms with Gasteiger partial charge in [-0.05, 0) is 55.3 Å². The number of rotatable bonds is 7. The Balaban J connectivity index is 2.08. The summed E-state index contributed by atoms with van der Waals surface area (Å²) in [5.41, 5.74) is 2.07. The zero-order chi connectivity index (χ0) is 19.2. The molecule has 2 aromatic rings. The van der Waals surface area contributed by atoms with Crippen LogP contribution < -0.4 is 14.9 Å². The Morgan fingerprint density at radius 2 is 2.04 bits per heavy atom. The minimum Gasteiger partial charge on any atom is -0.493 e. The van der Waals surface area contributed by atoms with Gasteiger partial charge >= 0.3 is 0 Å². The molecule has 0 atom stereocenters. The van der Waals surface area contributed by atoms with Crippen LogP contribution >= 0.6 is 0 Å². The highest BCUT2D eigenvalue weighted by molar-refractivity contribution is 5.86. The fraction of sp³-hybridized carbons (Fsp3) is 0.263. The Hall–Kier alpha value is -2.93. The van der Waals surface area contributed by atoms with E-state index in [1.54, 1.807) is 30.3 Å². The van der Waals surface area contributed by atoms with Gasteiger partial charge in [0.15, 0.2) is 11.5 Å². The summed E-state index contributed by atoms with van der Waals surface area (Å²) in [7, 11) is 1.52. The van der Waals surface area contributed by atoms with Crippen LogP contribution in [0.2, 0.25) is 0 Å². The molecule has 0 unspecified atom stereocenters. The highest BCUT2D eigenvalue weighted by atomic mass is 19.1. The van der Waals surface area contributed by atoms with Gasteiger partial charge in [-0.25, -0.2) is 9.82 Å². The lowest BCUT2D eigenvalue weighted by Gasteiger charge is -2.13. The molecular weight excluding hydrogens is 339 g/mol. The summed E-state index contributed by atoms with van der Waals surface area (Å²) in [6.45, 7) is 2.90. The fourth-order valence-electron chi connectivity index (χ4n) is 1.98. The number of amides is 1. The quantitative estimate of drug-likeness (QED) is 0.588. The van der Waals surface area contributed by atoms with E-state index < -0.39 is 11.5 Å². The van der Waals surface area contributed by atoms with Gasteiger partial charge in [0.1, 0.15) is 18.0 Å². The highest BCUT2D eigenvalue weighted by Crippen LogP contribution is 2.28. The van der Waals surface area contributed by atoms with Crippen molar-refractivity contribution >= 4 is 12.1 Å². The fourth-order valence-corrected chi connectivity index (χ4v) is 1.98. The minimum absolute atomic E-state index is 0.171. The average Bonchev–Trinajstić information content (AvgIpc) is 2.59. The van der Waals surface area contributed by atoms with E-state index in [1.807, 2.05) is 0 Å². The summed E-state index contributed by atoms with van der Waals surface area (Å²) >= 11 is 0. The van der Waals surface area contributed by atoms with Crippen LogP contribution in [0, 0.1) is 5.82 Å². The number of carbonyl (C=O) groups is 1. The molecule has 0 spiro atoms. The number of methoxy groups -OCH3 is 1.